The van der Waals surface area contributed by atoms with Crippen molar-refractivity contribution in [3.63, 3.8) is 0 Å². The summed E-state index contributed by atoms with van der Waals surface area (Å²) in [5.74, 6) is 1.93. The molecular weight excluding hydrogens is 726 g/mol. The van der Waals surface area contributed by atoms with E-state index >= 15 is 0 Å². The fourth-order valence-corrected chi connectivity index (χ4v) is 9.41. The Balaban J connectivity index is 1.11. The molecule has 0 bridgehead atoms. The fourth-order valence-electron chi connectivity index (χ4n) is 8.55. The number of rotatable bonds is 9. The Kier molecular flexibility index (Phi) is 10.3. The molecule has 58 heavy (non-hydrogen) atoms. The van der Waals surface area contributed by atoms with Crippen molar-refractivity contribution >= 4 is 12.4 Å². The summed E-state index contributed by atoms with van der Waals surface area (Å²) in [6, 6.07) is 64.1. The summed E-state index contributed by atoms with van der Waals surface area (Å²) in [5, 5.41) is 0.912. The summed E-state index contributed by atoms with van der Waals surface area (Å²) >= 11 is 0. The van der Waals surface area contributed by atoms with Gasteiger partial charge in [0.05, 0.1) is 0 Å². The minimum absolute atomic E-state index is 0.0968. The van der Waals surface area contributed by atoms with Crippen molar-refractivity contribution in [1.29, 1.82) is 0 Å². The molecule has 1 heterocycles. The van der Waals surface area contributed by atoms with E-state index in [4.69, 9.17) is 15.0 Å². The second kappa shape index (κ2) is 16.0. The van der Waals surface area contributed by atoms with Crippen LogP contribution in [0.25, 0.3) is 67.5 Å². The van der Waals surface area contributed by atoms with Gasteiger partial charge in [0, 0.05) is 27.4 Å². The van der Waals surface area contributed by atoms with Crippen molar-refractivity contribution in [1.82, 2.24) is 15.0 Å². The van der Waals surface area contributed by atoms with Gasteiger partial charge in [0.15, 0.2) is 17.5 Å². The molecule has 0 atom stereocenters. The maximum Gasteiger partial charge on any atom is 0.164 e. The van der Waals surface area contributed by atoms with Gasteiger partial charge in [-0.05, 0) is 82.8 Å². The fraction of sp³-hybridized carbons (Fsp3) is 0.151. The molecule has 0 spiro atoms. The molecule has 0 unspecified atom stereocenters. The lowest BCUT2D eigenvalue weighted by atomic mass is 9.65. The summed E-state index contributed by atoms with van der Waals surface area (Å²) in [5.41, 5.74) is 12.3. The van der Waals surface area contributed by atoms with Gasteiger partial charge in [0.1, 0.15) is 7.14 Å². The van der Waals surface area contributed by atoms with E-state index in [0.717, 1.165) is 62.7 Å². The lowest BCUT2D eigenvalue weighted by molar-refractivity contribution is 0.346. The highest BCUT2D eigenvalue weighted by molar-refractivity contribution is 7.70. The zero-order chi connectivity index (χ0) is 39.5. The Morgan fingerprint density at radius 2 is 0.793 bits per heavy atom. The Labute approximate surface area is 342 Å². The monoisotopic (exact) mass is 771 g/mol. The van der Waals surface area contributed by atoms with Crippen LogP contribution in [-0.4, -0.2) is 28.3 Å². The van der Waals surface area contributed by atoms with Crippen molar-refractivity contribution in [2.45, 2.75) is 37.5 Å². The van der Waals surface area contributed by atoms with Crippen LogP contribution in [0.1, 0.15) is 43.2 Å². The Hall–Kier alpha value is -6.22. The molecule has 1 aliphatic carbocycles. The van der Waals surface area contributed by atoms with Crippen LogP contribution in [0.4, 0.5) is 0 Å². The smallest absolute Gasteiger partial charge is 0.164 e. The van der Waals surface area contributed by atoms with Gasteiger partial charge in [-0.25, -0.2) is 15.0 Å². The second-order valence-electron chi connectivity index (χ2n) is 15.9. The first-order chi connectivity index (χ1) is 28.3. The molecule has 8 aromatic rings. The highest BCUT2D eigenvalue weighted by Crippen LogP contribution is 2.46. The van der Waals surface area contributed by atoms with E-state index < -0.39 is 7.14 Å². The third kappa shape index (κ3) is 7.73. The van der Waals surface area contributed by atoms with Crippen LogP contribution in [0, 0.1) is 0 Å². The van der Waals surface area contributed by atoms with Gasteiger partial charge < -0.3 is 4.57 Å². The summed E-state index contributed by atoms with van der Waals surface area (Å²) in [6.07, 6.45) is 5.82. The summed E-state index contributed by atoms with van der Waals surface area (Å²) in [6.45, 7) is 3.66. The first-order valence-electron chi connectivity index (χ1n) is 20.3. The highest BCUT2D eigenvalue weighted by Gasteiger charge is 2.36. The largest absolute Gasteiger partial charge is 0.319 e. The molecule has 1 aromatic heterocycles. The lowest BCUT2D eigenvalue weighted by Crippen LogP contribution is -2.30. The molecule has 9 rings (SSSR count). The van der Waals surface area contributed by atoms with Crippen molar-refractivity contribution < 1.29 is 4.57 Å². The third-order valence-electron chi connectivity index (χ3n) is 11.7. The second-order valence-corrected chi connectivity index (χ2v) is 19.1. The van der Waals surface area contributed by atoms with Crippen molar-refractivity contribution in [3.8, 4) is 67.5 Å². The van der Waals surface area contributed by atoms with Crippen LogP contribution in [0.15, 0.2) is 182 Å². The molecule has 0 radical (unpaired) electrons. The number of hydrogen-bond acceptors (Lipinski definition) is 4. The van der Waals surface area contributed by atoms with E-state index in [-0.39, 0.29) is 5.41 Å². The predicted octanol–water partition coefficient (Wildman–Crippen LogP) is 13.4. The molecule has 1 fully saturated rings. The van der Waals surface area contributed by atoms with Gasteiger partial charge >= 0.3 is 0 Å². The predicted molar refractivity (Wildman–Crippen MR) is 242 cm³/mol. The normalized spacial score (nSPS) is 13.9. The van der Waals surface area contributed by atoms with E-state index in [9.17, 15) is 4.57 Å². The van der Waals surface area contributed by atoms with Gasteiger partial charge in [-0.1, -0.05) is 189 Å². The summed E-state index contributed by atoms with van der Waals surface area (Å²) < 4.78 is 12.7. The third-order valence-corrected chi connectivity index (χ3v) is 13.3. The van der Waals surface area contributed by atoms with Crippen LogP contribution in [0.2, 0.25) is 0 Å². The lowest BCUT2D eigenvalue weighted by Gasteiger charge is -2.39. The van der Waals surface area contributed by atoms with Crippen LogP contribution in [0.5, 0.6) is 0 Å². The molecule has 4 nitrogen and oxygen atoms in total. The molecule has 1 aliphatic rings. The molecular formula is C53H46N3OP. The van der Waals surface area contributed by atoms with Gasteiger partial charge in [-0.3, -0.25) is 0 Å². The Bertz CT molecular complexity index is 2630. The van der Waals surface area contributed by atoms with Crippen molar-refractivity contribution in [2.24, 2.45) is 0 Å². The molecule has 0 amide bonds. The number of aromatic nitrogens is 3. The molecule has 0 saturated heterocycles. The zero-order valence-corrected chi connectivity index (χ0v) is 33.9. The summed E-state index contributed by atoms with van der Waals surface area (Å²) in [4.78, 5) is 15.4. The quantitative estimate of drug-likeness (QED) is 0.137. The molecule has 7 aromatic carbocycles. The zero-order valence-electron chi connectivity index (χ0n) is 33.1. The van der Waals surface area contributed by atoms with Crippen LogP contribution in [-0.2, 0) is 9.98 Å². The molecule has 5 heteroatoms. The first kappa shape index (κ1) is 37.4. The topological polar surface area (TPSA) is 55.7 Å². The molecule has 1 saturated carbocycles. The van der Waals surface area contributed by atoms with Crippen molar-refractivity contribution in [3.05, 3.63) is 193 Å². The van der Waals surface area contributed by atoms with E-state index in [1.165, 1.54) is 36.0 Å². The number of hydrogen-bond donors (Lipinski definition) is 0. The SMILES string of the molecule is CP(C)(=O)c1ccc(-c2cccc(C3(c4ccc(-c5nc(-c6cccc(-c7ccccc7)c6)nc(-c6cccc(-c7ccccc7)c6)n5)cc4)CCCCC3)c2)cc1. The average Bonchev–Trinajstić information content (AvgIpc) is 3.29. The minimum atomic E-state index is -2.32. The Morgan fingerprint density at radius 1 is 0.379 bits per heavy atom. The van der Waals surface area contributed by atoms with E-state index in [1.54, 1.807) is 0 Å². The Morgan fingerprint density at radius 3 is 1.31 bits per heavy atom. The minimum Gasteiger partial charge on any atom is -0.319 e. The van der Waals surface area contributed by atoms with E-state index in [2.05, 4.69) is 158 Å². The van der Waals surface area contributed by atoms with Gasteiger partial charge in [0.25, 0.3) is 0 Å². The molecule has 284 valence electrons. The maximum absolute atomic E-state index is 12.7. The maximum atomic E-state index is 12.7. The standard InChI is InChI=1S/C53H46N3OP/c1-58(2,57)49-31-27-40(28-32-49)44-21-14-24-48(37-44)53(33-10-5-11-34-53)47-29-25-41(26-30-47)50-54-51(45-22-12-19-42(35-45)38-15-6-3-7-16-38)56-52(55-50)46-23-13-20-43(36-46)39-17-8-4-9-18-39/h3-4,6-9,12-32,35-37H,5,10-11,33-34H2,1-2H3. The average molecular weight is 772 g/mol. The highest BCUT2D eigenvalue weighted by atomic mass is 31.2. The summed E-state index contributed by atoms with van der Waals surface area (Å²) in [7, 11) is -2.32. The van der Waals surface area contributed by atoms with Crippen molar-refractivity contribution in [2.75, 3.05) is 13.3 Å². The van der Waals surface area contributed by atoms with Gasteiger partial charge in [-0.2, -0.15) is 0 Å². The van der Waals surface area contributed by atoms with E-state index in [1.807, 2.05) is 37.6 Å². The molecule has 0 N–H and O–H groups in total. The molecule has 0 aliphatic heterocycles. The van der Waals surface area contributed by atoms with Gasteiger partial charge in [0.2, 0.25) is 0 Å². The number of nitrogens with zero attached hydrogens (tertiary/aromatic N) is 3. The van der Waals surface area contributed by atoms with Crippen LogP contribution < -0.4 is 5.30 Å². The number of benzene rings is 7. The van der Waals surface area contributed by atoms with Crippen LogP contribution in [0.3, 0.4) is 0 Å². The van der Waals surface area contributed by atoms with E-state index in [0.29, 0.717) is 17.5 Å². The van der Waals surface area contributed by atoms with Gasteiger partial charge in [-0.15, -0.1) is 0 Å². The van der Waals surface area contributed by atoms with Crippen LogP contribution >= 0.6 is 7.14 Å². The first-order valence-corrected chi connectivity index (χ1v) is 22.9.